The summed E-state index contributed by atoms with van der Waals surface area (Å²) in [7, 11) is -1.53. The molecule has 0 radical (unpaired) electrons. The molecule has 0 bridgehead atoms. The fraction of sp³-hybridized carbons (Fsp3) is 0.611. The first kappa shape index (κ1) is 20.9. The lowest BCUT2D eigenvalue weighted by Crippen LogP contribution is -2.47. The van der Waals surface area contributed by atoms with Gasteiger partial charge in [-0.15, -0.1) is 4.40 Å². The van der Waals surface area contributed by atoms with E-state index in [0.717, 1.165) is 11.3 Å². The van der Waals surface area contributed by atoms with E-state index in [-0.39, 0.29) is 12.6 Å². The van der Waals surface area contributed by atoms with E-state index in [9.17, 15) is 17.4 Å². The molecule has 0 spiro atoms. The highest BCUT2D eigenvalue weighted by molar-refractivity contribution is 7.84. The molecule has 1 aromatic rings. The van der Waals surface area contributed by atoms with Crippen LogP contribution in [0.1, 0.15) is 31.1 Å². The Morgan fingerprint density at radius 2 is 1.82 bits per heavy atom. The van der Waals surface area contributed by atoms with Crippen LogP contribution in [0.25, 0.3) is 0 Å². The molecular weight excluding hydrogens is 393 g/mol. The number of amidine groups is 1. The van der Waals surface area contributed by atoms with Crippen LogP contribution in [-0.2, 0) is 15.7 Å². The van der Waals surface area contributed by atoms with Gasteiger partial charge in [-0.2, -0.15) is 13.2 Å². The summed E-state index contributed by atoms with van der Waals surface area (Å²) in [4.78, 5) is 3.98. The summed E-state index contributed by atoms with van der Waals surface area (Å²) in [6, 6.07) is 7.61. The first-order chi connectivity index (χ1) is 13.0. The highest BCUT2D eigenvalue weighted by Crippen LogP contribution is 2.38. The lowest BCUT2D eigenvalue weighted by atomic mass is 9.97. The predicted octanol–water partition coefficient (Wildman–Crippen LogP) is 2.59. The third-order valence-corrected chi connectivity index (χ3v) is 6.63. The van der Waals surface area contributed by atoms with Crippen LogP contribution in [0, 0.1) is 0 Å². The highest BCUT2D eigenvalue weighted by atomic mass is 32.2. The third-order valence-electron chi connectivity index (χ3n) is 5.03. The maximum absolute atomic E-state index is 12.4. The number of piperazine rings is 1. The van der Waals surface area contributed by atoms with Gasteiger partial charge in [-0.25, -0.2) is 4.21 Å². The predicted molar refractivity (Wildman–Crippen MR) is 103 cm³/mol. The van der Waals surface area contributed by atoms with Crippen LogP contribution >= 0.6 is 0 Å². The van der Waals surface area contributed by atoms with Gasteiger partial charge in [-0.3, -0.25) is 4.90 Å². The number of ether oxygens (including phenoxy) is 1. The summed E-state index contributed by atoms with van der Waals surface area (Å²) < 4.78 is 58.9. The molecule has 1 saturated heterocycles. The molecule has 156 valence electrons. The summed E-state index contributed by atoms with van der Waals surface area (Å²) in [5.74, 6) is 0. The first-order valence-corrected chi connectivity index (χ1v) is 10.3. The Morgan fingerprint density at radius 3 is 2.36 bits per heavy atom. The largest absolute Gasteiger partial charge is 0.457 e. The van der Waals surface area contributed by atoms with Crippen molar-refractivity contribution in [1.82, 2.24) is 4.90 Å². The molecule has 2 atom stereocenters. The van der Waals surface area contributed by atoms with Crippen molar-refractivity contribution in [2.24, 2.45) is 10.1 Å². The molecule has 0 aliphatic carbocycles. The number of hydrogen-bond acceptors (Lipinski definition) is 5. The molecule has 1 fully saturated rings. The number of hydrogen-bond donors (Lipinski definition) is 1. The molecule has 6 nitrogen and oxygen atoms in total. The van der Waals surface area contributed by atoms with Crippen LogP contribution in [0.15, 0.2) is 28.7 Å². The van der Waals surface area contributed by atoms with Gasteiger partial charge in [0.15, 0.2) is 11.0 Å². The van der Waals surface area contributed by atoms with Crippen molar-refractivity contribution in [2.45, 2.75) is 37.3 Å². The van der Waals surface area contributed by atoms with Gasteiger partial charge in [-0.05, 0) is 31.5 Å². The third kappa shape index (κ3) is 4.96. The number of alkyl halides is 3. The van der Waals surface area contributed by atoms with E-state index in [0.29, 0.717) is 26.2 Å². The van der Waals surface area contributed by atoms with Crippen LogP contribution < -0.4 is 10.6 Å². The van der Waals surface area contributed by atoms with Crippen LogP contribution in [0.5, 0.6) is 0 Å². The number of rotatable bonds is 4. The van der Waals surface area contributed by atoms with Gasteiger partial charge in [0.05, 0.1) is 6.42 Å². The van der Waals surface area contributed by atoms with E-state index in [2.05, 4.69) is 9.30 Å². The van der Waals surface area contributed by atoms with Gasteiger partial charge >= 0.3 is 6.18 Å². The molecule has 2 unspecified atom stereocenters. The zero-order valence-electron chi connectivity index (χ0n) is 15.9. The summed E-state index contributed by atoms with van der Waals surface area (Å²) in [5, 5.41) is -0.437. The highest BCUT2D eigenvalue weighted by Gasteiger charge is 2.42. The Bertz CT molecular complexity index is 744. The van der Waals surface area contributed by atoms with E-state index in [4.69, 9.17) is 10.5 Å². The van der Waals surface area contributed by atoms with Gasteiger partial charge < -0.3 is 15.4 Å². The average molecular weight is 418 g/mol. The Hall–Kier alpha value is -1.81. The Balaban J connectivity index is 1.62. The minimum absolute atomic E-state index is 0.0442. The van der Waals surface area contributed by atoms with Crippen molar-refractivity contribution in [3.8, 4) is 0 Å². The second-order valence-corrected chi connectivity index (χ2v) is 8.78. The zero-order valence-corrected chi connectivity index (χ0v) is 16.7. The maximum atomic E-state index is 12.4. The van der Waals surface area contributed by atoms with Crippen molar-refractivity contribution in [3.05, 3.63) is 29.8 Å². The van der Waals surface area contributed by atoms with Crippen LogP contribution in [0.4, 0.5) is 18.9 Å². The molecule has 0 aromatic heterocycles. The van der Waals surface area contributed by atoms with Gasteiger partial charge in [0, 0.05) is 38.4 Å². The van der Waals surface area contributed by atoms with Gasteiger partial charge in [0.2, 0.25) is 0 Å². The summed E-state index contributed by atoms with van der Waals surface area (Å²) in [6.07, 6.45) is -4.89. The number of nitrogens with two attached hydrogens (primary N) is 1. The average Bonchev–Trinajstić information content (AvgIpc) is 2.59. The maximum Gasteiger partial charge on any atom is 0.390 e. The lowest BCUT2D eigenvalue weighted by molar-refractivity contribution is -0.138. The van der Waals surface area contributed by atoms with Crippen molar-refractivity contribution in [1.29, 1.82) is 0 Å². The first-order valence-electron chi connectivity index (χ1n) is 9.13. The van der Waals surface area contributed by atoms with Gasteiger partial charge in [0.25, 0.3) is 6.02 Å². The van der Waals surface area contributed by atoms with Crippen LogP contribution in [-0.4, -0.2) is 59.6 Å². The Labute approximate surface area is 165 Å². The van der Waals surface area contributed by atoms with Crippen LogP contribution in [0.2, 0.25) is 0 Å². The molecule has 1 aromatic carbocycles. The number of halogens is 3. The van der Waals surface area contributed by atoms with Crippen molar-refractivity contribution < 1.29 is 22.1 Å². The standard InChI is InChI=1S/C18H25F3N4O2S/c1-17(2)15(28(26)23-16(22)27-17)13-3-5-14(6-4-13)25-11-9-24(10-12-25)8-7-18(19,20)21/h3-6,15H,7-12H2,1-2H3,(H2,22,23). The summed E-state index contributed by atoms with van der Waals surface area (Å²) in [5.41, 5.74) is 6.66. The molecule has 28 heavy (non-hydrogen) atoms. The number of anilines is 1. The van der Waals surface area contributed by atoms with Crippen LogP contribution in [0.3, 0.4) is 0 Å². The second-order valence-electron chi connectivity index (χ2n) is 7.58. The quantitative estimate of drug-likeness (QED) is 0.814. The molecular formula is C18H25F3N4O2S. The number of benzene rings is 1. The molecule has 10 heteroatoms. The van der Waals surface area contributed by atoms with Gasteiger partial charge in [0.1, 0.15) is 10.9 Å². The van der Waals surface area contributed by atoms with Crippen molar-refractivity contribution in [3.63, 3.8) is 0 Å². The SMILES string of the molecule is CC1(C)OC(N)=NS(=O)C1c1ccc(N2CCN(CCC(F)(F)F)CC2)cc1. The van der Waals surface area contributed by atoms with Gasteiger partial charge in [-0.1, -0.05) is 12.1 Å². The monoisotopic (exact) mass is 418 g/mol. The molecule has 2 N–H and O–H groups in total. The normalized spacial score (nSPS) is 25.9. The molecule has 2 aliphatic heterocycles. The minimum atomic E-state index is -4.11. The molecule has 2 aliphatic rings. The molecule has 2 heterocycles. The summed E-state index contributed by atoms with van der Waals surface area (Å²) in [6.45, 7) is 6.22. The smallest absolute Gasteiger partial charge is 0.390 e. The molecule has 0 saturated carbocycles. The second kappa shape index (κ2) is 7.90. The van der Waals surface area contributed by atoms with E-state index < -0.39 is 34.4 Å². The Kier molecular flexibility index (Phi) is 5.90. The Morgan fingerprint density at radius 1 is 1.21 bits per heavy atom. The lowest BCUT2D eigenvalue weighted by Gasteiger charge is -2.37. The van der Waals surface area contributed by atoms with E-state index in [1.165, 1.54) is 0 Å². The number of nitrogens with zero attached hydrogens (tertiary/aromatic N) is 3. The molecule has 3 rings (SSSR count). The molecule has 0 amide bonds. The fourth-order valence-electron chi connectivity index (χ4n) is 3.62. The topological polar surface area (TPSA) is 71.2 Å². The van der Waals surface area contributed by atoms with E-state index in [1.807, 2.05) is 43.0 Å². The van der Waals surface area contributed by atoms with E-state index in [1.54, 1.807) is 0 Å². The summed E-state index contributed by atoms with van der Waals surface area (Å²) >= 11 is 0. The van der Waals surface area contributed by atoms with E-state index >= 15 is 0 Å². The van der Waals surface area contributed by atoms with Crippen molar-refractivity contribution >= 4 is 22.7 Å². The zero-order chi connectivity index (χ0) is 20.5. The minimum Gasteiger partial charge on any atom is -0.457 e. The fourth-order valence-corrected chi connectivity index (χ4v) is 4.86. The van der Waals surface area contributed by atoms with Crippen molar-refractivity contribution in [2.75, 3.05) is 37.6 Å².